The van der Waals surface area contributed by atoms with E-state index >= 15 is 0 Å². The molecule has 13 heavy (non-hydrogen) atoms. The summed E-state index contributed by atoms with van der Waals surface area (Å²) in [4.78, 5) is 0. The van der Waals surface area contributed by atoms with Crippen LogP contribution < -0.4 is 5.73 Å². The average molecular weight is 191 g/mol. The van der Waals surface area contributed by atoms with E-state index in [1.807, 2.05) is 6.92 Å². The molecule has 0 aliphatic carbocycles. The molecule has 5 N–H and O–H groups in total. The van der Waals surface area contributed by atoms with Crippen LogP contribution in [0.5, 0.6) is 0 Å². The highest BCUT2D eigenvalue weighted by Crippen LogP contribution is 2.21. The summed E-state index contributed by atoms with van der Waals surface area (Å²) in [5.41, 5.74) is 5.55. The van der Waals surface area contributed by atoms with Gasteiger partial charge in [0.2, 0.25) is 0 Å². The second-order valence-electron chi connectivity index (χ2n) is 3.36. The third-order valence-electron chi connectivity index (χ3n) is 2.49. The van der Waals surface area contributed by atoms with Gasteiger partial charge >= 0.3 is 0 Å². The molecule has 1 aliphatic heterocycles. The van der Waals surface area contributed by atoms with Crippen molar-refractivity contribution in [2.75, 3.05) is 6.61 Å². The minimum absolute atomic E-state index is 0.235. The van der Waals surface area contributed by atoms with Gasteiger partial charge in [-0.25, -0.2) is 0 Å². The van der Waals surface area contributed by atoms with Gasteiger partial charge in [-0.15, -0.1) is 0 Å². The number of hydrogen-bond donors (Lipinski definition) is 4. The SMILES string of the molecule is CC[C@@H]1OC(CO)[C@@H](N)[C@H](O)C1O. The summed E-state index contributed by atoms with van der Waals surface area (Å²) in [6, 6.07) is -0.720. The number of hydrogen-bond acceptors (Lipinski definition) is 5. The lowest BCUT2D eigenvalue weighted by atomic mass is 9.92. The highest BCUT2D eigenvalue weighted by molar-refractivity contribution is 4.93. The van der Waals surface area contributed by atoms with Crippen molar-refractivity contribution in [2.45, 2.75) is 43.8 Å². The Morgan fingerprint density at radius 3 is 2.31 bits per heavy atom. The molecule has 1 rings (SSSR count). The number of nitrogens with two attached hydrogens (primary N) is 1. The van der Waals surface area contributed by atoms with Crippen molar-refractivity contribution in [1.82, 2.24) is 0 Å². The van der Waals surface area contributed by atoms with Crippen molar-refractivity contribution < 1.29 is 20.1 Å². The first-order valence-corrected chi connectivity index (χ1v) is 4.49. The molecule has 5 heteroatoms. The van der Waals surface area contributed by atoms with Gasteiger partial charge in [0.05, 0.1) is 24.9 Å². The van der Waals surface area contributed by atoms with Crippen LogP contribution in [0.4, 0.5) is 0 Å². The van der Waals surface area contributed by atoms with Gasteiger partial charge in [0.1, 0.15) is 12.2 Å². The summed E-state index contributed by atoms with van der Waals surface area (Å²) in [7, 11) is 0. The van der Waals surface area contributed by atoms with Crippen molar-refractivity contribution in [3.8, 4) is 0 Å². The highest BCUT2D eigenvalue weighted by atomic mass is 16.5. The van der Waals surface area contributed by atoms with E-state index in [2.05, 4.69) is 0 Å². The Bertz CT molecular complexity index is 146. The maximum atomic E-state index is 9.48. The van der Waals surface area contributed by atoms with Crippen molar-refractivity contribution >= 4 is 0 Å². The minimum atomic E-state index is -1.02. The smallest absolute Gasteiger partial charge is 0.108 e. The fourth-order valence-corrected chi connectivity index (χ4v) is 1.57. The molecule has 1 heterocycles. The van der Waals surface area contributed by atoms with E-state index in [1.165, 1.54) is 0 Å². The van der Waals surface area contributed by atoms with Gasteiger partial charge in [0.15, 0.2) is 0 Å². The molecule has 2 unspecified atom stereocenters. The summed E-state index contributed by atoms with van der Waals surface area (Å²) >= 11 is 0. The molecule has 5 nitrogen and oxygen atoms in total. The first-order chi connectivity index (χ1) is 6.11. The average Bonchev–Trinajstić information content (AvgIpc) is 2.15. The molecule has 0 aromatic heterocycles. The normalized spacial score (nSPS) is 46.4. The number of aliphatic hydroxyl groups excluding tert-OH is 3. The molecule has 0 aromatic rings. The summed E-state index contributed by atoms with van der Waals surface area (Å²) in [6.07, 6.45) is -2.41. The molecule has 0 aromatic carbocycles. The van der Waals surface area contributed by atoms with Crippen LogP contribution in [-0.4, -0.2) is 52.4 Å². The summed E-state index contributed by atoms with van der Waals surface area (Å²) in [5.74, 6) is 0. The molecule has 78 valence electrons. The molecule has 0 radical (unpaired) electrons. The second-order valence-corrected chi connectivity index (χ2v) is 3.36. The van der Waals surface area contributed by atoms with Crippen LogP contribution >= 0.6 is 0 Å². The Hall–Kier alpha value is -0.200. The fourth-order valence-electron chi connectivity index (χ4n) is 1.57. The van der Waals surface area contributed by atoms with Gasteiger partial charge < -0.3 is 25.8 Å². The van der Waals surface area contributed by atoms with Gasteiger partial charge in [-0.05, 0) is 6.42 Å². The van der Waals surface area contributed by atoms with Gasteiger partial charge in [-0.3, -0.25) is 0 Å². The van der Waals surface area contributed by atoms with E-state index in [1.54, 1.807) is 0 Å². The van der Waals surface area contributed by atoms with Crippen molar-refractivity contribution in [1.29, 1.82) is 0 Å². The van der Waals surface area contributed by atoms with Crippen LogP contribution in [0.25, 0.3) is 0 Å². The van der Waals surface area contributed by atoms with E-state index in [4.69, 9.17) is 15.6 Å². The van der Waals surface area contributed by atoms with E-state index in [-0.39, 0.29) is 6.61 Å². The lowest BCUT2D eigenvalue weighted by molar-refractivity contribution is -0.187. The zero-order valence-corrected chi connectivity index (χ0v) is 7.63. The first kappa shape index (κ1) is 10.9. The Morgan fingerprint density at radius 2 is 1.85 bits per heavy atom. The minimum Gasteiger partial charge on any atom is -0.394 e. The molecule has 0 saturated carbocycles. The van der Waals surface area contributed by atoms with Crippen LogP contribution in [0.15, 0.2) is 0 Å². The van der Waals surface area contributed by atoms with E-state index in [0.29, 0.717) is 6.42 Å². The predicted octanol–water partition coefficient (Wildman–Crippen LogP) is -1.79. The van der Waals surface area contributed by atoms with Crippen LogP contribution in [0.1, 0.15) is 13.3 Å². The maximum Gasteiger partial charge on any atom is 0.108 e. The first-order valence-electron chi connectivity index (χ1n) is 4.49. The summed E-state index contributed by atoms with van der Waals surface area (Å²) < 4.78 is 5.29. The van der Waals surface area contributed by atoms with Crippen LogP contribution in [0.2, 0.25) is 0 Å². The Morgan fingerprint density at radius 1 is 1.23 bits per heavy atom. The zero-order valence-electron chi connectivity index (χ0n) is 7.63. The Kier molecular flexibility index (Phi) is 3.63. The van der Waals surface area contributed by atoms with Gasteiger partial charge in [0, 0.05) is 0 Å². The van der Waals surface area contributed by atoms with Crippen molar-refractivity contribution in [3.05, 3.63) is 0 Å². The molecular formula is C8H17NO4. The largest absolute Gasteiger partial charge is 0.394 e. The molecule has 1 aliphatic rings. The van der Waals surface area contributed by atoms with Gasteiger partial charge in [-0.2, -0.15) is 0 Å². The van der Waals surface area contributed by atoms with Crippen molar-refractivity contribution in [2.24, 2.45) is 5.73 Å². The third kappa shape index (κ3) is 2.00. The molecule has 0 amide bonds. The standard InChI is InChI=1S/C8H17NO4/c1-2-4-7(11)8(12)6(9)5(3-10)13-4/h4-8,10-12H,2-3,9H2,1H3/t4-,5?,6+,7?,8-/m0/s1. The van der Waals surface area contributed by atoms with E-state index in [9.17, 15) is 10.2 Å². The monoisotopic (exact) mass is 191 g/mol. The molecule has 1 fully saturated rings. The molecular weight excluding hydrogens is 174 g/mol. The fraction of sp³-hybridized carbons (Fsp3) is 1.00. The number of rotatable bonds is 2. The summed E-state index contributed by atoms with van der Waals surface area (Å²) in [5, 5.41) is 27.8. The van der Waals surface area contributed by atoms with Crippen LogP contribution in [0.3, 0.4) is 0 Å². The molecule has 5 atom stereocenters. The molecule has 1 saturated heterocycles. The number of ether oxygens (including phenoxy) is 1. The maximum absolute atomic E-state index is 9.48. The third-order valence-corrected chi connectivity index (χ3v) is 2.49. The zero-order chi connectivity index (χ0) is 10.0. The quantitative estimate of drug-likeness (QED) is 0.413. The lowest BCUT2D eigenvalue weighted by Gasteiger charge is -2.40. The van der Waals surface area contributed by atoms with Crippen LogP contribution in [0, 0.1) is 0 Å². The Balaban J connectivity index is 2.66. The summed E-state index contributed by atoms with van der Waals surface area (Å²) in [6.45, 7) is 1.60. The Labute approximate surface area is 77.1 Å². The number of aliphatic hydroxyl groups is 3. The predicted molar refractivity (Wildman–Crippen MR) is 46.0 cm³/mol. The topological polar surface area (TPSA) is 95.9 Å². The highest BCUT2D eigenvalue weighted by Gasteiger charge is 2.41. The van der Waals surface area contributed by atoms with E-state index in [0.717, 1.165) is 0 Å². The lowest BCUT2D eigenvalue weighted by Crippen LogP contribution is -2.61. The van der Waals surface area contributed by atoms with Gasteiger partial charge in [-0.1, -0.05) is 6.92 Å². The molecule has 0 bridgehead atoms. The molecule has 0 spiro atoms. The van der Waals surface area contributed by atoms with E-state index < -0.39 is 30.5 Å². The van der Waals surface area contributed by atoms with Gasteiger partial charge in [0.25, 0.3) is 0 Å². The van der Waals surface area contributed by atoms with Crippen molar-refractivity contribution in [3.63, 3.8) is 0 Å². The van der Waals surface area contributed by atoms with Crippen LogP contribution in [-0.2, 0) is 4.74 Å². The second kappa shape index (κ2) is 4.34.